The van der Waals surface area contributed by atoms with Crippen LogP contribution in [0.4, 0.5) is 0 Å². The highest BCUT2D eigenvalue weighted by molar-refractivity contribution is 6.23. The summed E-state index contributed by atoms with van der Waals surface area (Å²) in [6, 6.07) is 139. The van der Waals surface area contributed by atoms with E-state index in [0.29, 0.717) is 5.82 Å². The smallest absolute Gasteiger partial charge is 0.160 e. The molecule has 0 atom stereocenters. The van der Waals surface area contributed by atoms with Crippen molar-refractivity contribution in [3.63, 3.8) is 0 Å². The van der Waals surface area contributed by atoms with Crippen LogP contribution >= 0.6 is 0 Å². The van der Waals surface area contributed by atoms with Crippen LogP contribution in [0, 0.1) is 0 Å². The van der Waals surface area contributed by atoms with Gasteiger partial charge in [0.05, 0.1) is 44.5 Å². The van der Waals surface area contributed by atoms with Crippen LogP contribution in [0.1, 0.15) is 0 Å². The molecule has 0 radical (unpaired) electrons. The Kier molecular flexibility index (Phi) is 14.8. The van der Waals surface area contributed by atoms with Crippen molar-refractivity contribution in [2.24, 2.45) is 0 Å². The van der Waals surface area contributed by atoms with Gasteiger partial charge in [0.25, 0.3) is 0 Å². The number of nitrogens with zero attached hydrogens (tertiary/aromatic N) is 6. The molecule has 0 aliphatic carbocycles. The van der Waals surface area contributed by atoms with Crippen molar-refractivity contribution in [2.45, 2.75) is 0 Å². The van der Waals surface area contributed by atoms with Crippen molar-refractivity contribution >= 4 is 97.7 Å². The van der Waals surface area contributed by atoms with Gasteiger partial charge in [0.1, 0.15) is 5.82 Å². The van der Waals surface area contributed by atoms with Crippen molar-refractivity contribution in [2.75, 3.05) is 0 Å². The molecule has 0 unspecified atom stereocenters. The summed E-state index contributed by atoms with van der Waals surface area (Å²) in [5, 5.41) is 14.9. The third-order valence-corrected chi connectivity index (χ3v) is 20.9. The molecule has 0 aliphatic rings. The molecule has 6 heteroatoms. The summed E-state index contributed by atoms with van der Waals surface area (Å²) in [4.78, 5) is 15.5. The lowest BCUT2D eigenvalue weighted by molar-refractivity contribution is 1.10. The Bertz CT molecular complexity index is 6650. The highest BCUT2D eigenvalue weighted by atomic mass is 15.1. The number of hydrogen-bond acceptors (Lipinski definition) is 3. The van der Waals surface area contributed by atoms with Gasteiger partial charge in [0.2, 0.25) is 0 Å². The molecule has 490 valence electrons. The first-order valence-corrected chi connectivity index (χ1v) is 35.8. The zero-order valence-corrected chi connectivity index (χ0v) is 57.1. The topological polar surface area (TPSA) is 53.5 Å². The molecule has 0 N–H and O–H groups in total. The van der Waals surface area contributed by atoms with Crippen LogP contribution in [-0.2, 0) is 0 Å². The summed E-state index contributed by atoms with van der Waals surface area (Å²) in [6.07, 6.45) is 0. The molecule has 21 aromatic rings. The van der Waals surface area contributed by atoms with E-state index >= 15 is 0 Å². The molecule has 0 bridgehead atoms. The SMILES string of the molecule is c1ccc(-c2cc(-c3cc(-n4c5ccccc5c5ccccc54)cc(-n4c5ccccc5c5ccccc54)c3)nc(-c3ccccc3)n2)cc1.c1ccc(-n2c(-c3ccc(-c4ccc5c(-c6ccc7ccccc7c6)c6ccccc6c(-c6ccc7ccccc7c6)c5c4)cc3)nc3ccccc32)cc1. The van der Waals surface area contributed by atoms with Gasteiger partial charge < -0.3 is 9.13 Å². The van der Waals surface area contributed by atoms with Gasteiger partial charge in [-0.1, -0.05) is 297 Å². The number of para-hydroxylation sites is 7. The number of rotatable bonds is 10. The van der Waals surface area contributed by atoms with E-state index in [0.717, 1.165) is 95.2 Å². The van der Waals surface area contributed by atoms with Crippen molar-refractivity contribution in [1.29, 1.82) is 0 Å². The van der Waals surface area contributed by atoms with E-state index < -0.39 is 0 Å². The van der Waals surface area contributed by atoms with E-state index in [1.807, 2.05) is 24.3 Å². The summed E-state index contributed by atoms with van der Waals surface area (Å²) in [5.41, 5.74) is 23.1. The minimum absolute atomic E-state index is 0.697. The lowest BCUT2D eigenvalue weighted by Crippen LogP contribution is -2.01. The van der Waals surface area contributed by atoms with Gasteiger partial charge in [-0.2, -0.15) is 0 Å². The Morgan fingerprint density at radius 2 is 0.571 bits per heavy atom. The van der Waals surface area contributed by atoms with E-state index in [4.69, 9.17) is 15.0 Å². The molecule has 4 aromatic heterocycles. The molecular weight excluding hydrogens is 1270 g/mol. The van der Waals surface area contributed by atoms with Crippen molar-refractivity contribution in [3.8, 4) is 95.7 Å². The van der Waals surface area contributed by atoms with Gasteiger partial charge >= 0.3 is 0 Å². The third-order valence-electron chi connectivity index (χ3n) is 20.9. The predicted molar refractivity (Wildman–Crippen MR) is 440 cm³/mol. The third kappa shape index (κ3) is 10.7. The first-order chi connectivity index (χ1) is 52.1. The number of benzene rings is 17. The van der Waals surface area contributed by atoms with Crippen LogP contribution < -0.4 is 0 Å². The first kappa shape index (κ1) is 60.9. The van der Waals surface area contributed by atoms with E-state index in [9.17, 15) is 0 Å². The molecule has 0 fully saturated rings. The van der Waals surface area contributed by atoms with E-state index in [-0.39, 0.29) is 0 Å². The maximum absolute atomic E-state index is 5.26. The van der Waals surface area contributed by atoms with Crippen LogP contribution in [0.2, 0.25) is 0 Å². The minimum Gasteiger partial charge on any atom is -0.309 e. The molecule has 17 aromatic carbocycles. The average molecular weight is 1340 g/mol. The molecule has 0 amide bonds. The fourth-order valence-corrected chi connectivity index (χ4v) is 16.0. The molecule has 6 nitrogen and oxygen atoms in total. The lowest BCUT2D eigenvalue weighted by Gasteiger charge is -2.19. The fourth-order valence-electron chi connectivity index (χ4n) is 16.0. The van der Waals surface area contributed by atoms with Crippen LogP contribution in [0.25, 0.3) is 193 Å². The second kappa shape index (κ2) is 25.5. The van der Waals surface area contributed by atoms with Crippen LogP contribution in [-0.4, -0.2) is 28.7 Å². The largest absolute Gasteiger partial charge is 0.309 e. The fraction of sp³-hybridized carbons (Fsp3) is 0. The Hall–Kier alpha value is -14.1. The summed E-state index contributed by atoms with van der Waals surface area (Å²) >= 11 is 0. The Morgan fingerprint density at radius 3 is 1.10 bits per heavy atom. The van der Waals surface area contributed by atoms with Gasteiger partial charge in [-0.3, -0.25) is 4.57 Å². The van der Waals surface area contributed by atoms with Gasteiger partial charge in [-0.15, -0.1) is 0 Å². The van der Waals surface area contributed by atoms with E-state index in [1.165, 1.54) is 92.5 Å². The van der Waals surface area contributed by atoms with Gasteiger partial charge in [0, 0.05) is 60.9 Å². The molecule has 0 aliphatic heterocycles. The van der Waals surface area contributed by atoms with Crippen LogP contribution in [0.5, 0.6) is 0 Å². The van der Waals surface area contributed by atoms with Crippen LogP contribution in [0.3, 0.4) is 0 Å². The zero-order chi connectivity index (χ0) is 69.3. The monoisotopic (exact) mass is 1340 g/mol. The highest BCUT2D eigenvalue weighted by Gasteiger charge is 2.23. The summed E-state index contributed by atoms with van der Waals surface area (Å²) in [6.45, 7) is 0. The van der Waals surface area contributed by atoms with Gasteiger partial charge in [-0.25, -0.2) is 15.0 Å². The molecule has 0 saturated carbocycles. The molecule has 0 saturated heterocycles. The van der Waals surface area contributed by atoms with Crippen molar-refractivity contribution in [1.82, 2.24) is 28.7 Å². The van der Waals surface area contributed by atoms with Gasteiger partial charge in [-0.05, 0) is 167 Å². The maximum atomic E-state index is 5.26. The quantitative estimate of drug-likeness (QED) is 0.128. The first-order valence-electron chi connectivity index (χ1n) is 35.8. The minimum atomic E-state index is 0.697. The van der Waals surface area contributed by atoms with Crippen molar-refractivity contribution in [3.05, 3.63) is 388 Å². The summed E-state index contributed by atoms with van der Waals surface area (Å²) in [7, 11) is 0. The summed E-state index contributed by atoms with van der Waals surface area (Å²) < 4.78 is 7.04. The number of imidazole rings is 1. The normalized spacial score (nSPS) is 11.6. The second-order valence-corrected chi connectivity index (χ2v) is 27.0. The van der Waals surface area contributed by atoms with E-state index in [2.05, 4.69) is 378 Å². The Labute approximate surface area is 606 Å². The Morgan fingerprint density at radius 1 is 0.181 bits per heavy atom. The molecule has 0 spiro atoms. The number of hydrogen-bond donors (Lipinski definition) is 0. The standard InChI is InChI=1S/C53H34N2.C46H30N4/c1-2-16-44(17-3-1)55-50-21-11-10-20-49(50)54-53(55)38-26-22-37(23-27-38)41-30-31-47-48(34-41)52(43-29-25-36-13-5-7-15-40(36)33-43)46-19-9-8-18-45(46)51(47)42-28-24-35-12-4-6-14-39(35)32-42;1-3-15-31(16-4-1)40-30-41(48-46(47-40)32-17-5-2-6-18-32)33-27-34(49-42-23-11-7-19-36(42)37-20-8-12-24-43(37)49)29-35(28-33)50-44-25-13-9-21-38(44)39-22-10-14-26-45(39)50/h1-34H;1-30H. The van der Waals surface area contributed by atoms with Gasteiger partial charge in [0.15, 0.2) is 5.82 Å². The molecule has 21 rings (SSSR count). The predicted octanol–water partition coefficient (Wildman–Crippen LogP) is 26.0. The molecular formula is C99H64N6. The second-order valence-electron chi connectivity index (χ2n) is 27.0. The Balaban J connectivity index is 0.000000140. The average Bonchev–Trinajstić information content (AvgIpc) is 1.38. The molecule has 4 heterocycles. The van der Waals surface area contributed by atoms with Crippen molar-refractivity contribution < 1.29 is 0 Å². The zero-order valence-electron chi connectivity index (χ0n) is 57.1. The lowest BCUT2D eigenvalue weighted by atomic mass is 9.84. The van der Waals surface area contributed by atoms with E-state index in [1.54, 1.807) is 0 Å². The number of aromatic nitrogens is 6. The van der Waals surface area contributed by atoms with Crippen LogP contribution in [0.15, 0.2) is 388 Å². The summed E-state index contributed by atoms with van der Waals surface area (Å²) in [5.74, 6) is 1.63. The molecule has 105 heavy (non-hydrogen) atoms. The highest BCUT2D eigenvalue weighted by Crippen LogP contribution is 2.47. The number of fused-ring (bicyclic) bond motifs is 11. The maximum Gasteiger partial charge on any atom is 0.160 e.